The predicted octanol–water partition coefficient (Wildman–Crippen LogP) is 1.74. The summed E-state index contributed by atoms with van der Waals surface area (Å²) >= 11 is 0. The molecule has 2 N–H and O–H groups in total. The highest BCUT2D eigenvalue weighted by atomic mass is 32.2. The van der Waals surface area contributed by atoms with E-state index in [1.54, 1.807) is 0 Å². The number of nitrogens with two attached hydrogens (primary N) is 1. The molecule has 0 amide bonds. The fourth-order valence-corrected chi connectivity index (χ4v) is 4.02. The van der Waals surface area contributed by atoms with Crippen LogP contribution in [0.2, 0.25) is 0 Å². The van der Waals surface area contributed by atoms with Crippen LogP contribution in [0.4, 0.5) is 14.5 Å². The molecule has 1 aliphatic heterocycles. The summed E-state index contributed by atoms with van der Waals surface area (Å²) in [6.07, 6.45) is 1.12. The number of hydrogen-bond donors (Lipinski definition) is 1. The molecule has 0 saturated carbocycles. The molecule has 5 nitrogen and oxygen atoms in total. The average Bonchev–Trinajstić information content (AvgIpc) is 2.43. The van der Waals surface area contributed by atoms with E-state index in [1.165, 1.54) is 0 Å². The van der Waals surface area contributed by atoms with Gasteiger partial charge in [0.2, 0.25) is 10.0 Å². The summed E-state index contributed by atoms with van der Waals surface area (Å²) in [4.78, 5) is -0.725. The van der Waals surface area contributed by atoms with Crippen molar-refractivity contribution in [3.8, 4) is 0 Å². The molecular formula is C13H18F2N2O3S. The van der Waals surface area contributed by atoms with E-state index in [-0.39, 0.29) is 24.9 Å². The van der Waals surface area contributed by atoms with E-state index in [0.717, 1.165) is 22.9 Å². The maximum absolute atomic E-state index is 13.8. The normalized spacial score (nSPS) is 20.6. The Labute approximate surface area is 122 Å². The summed E-state index contributed by atoms with van der Waals surface area (Å²) in [7, 11) is -4.13. The number of halogens is 2. The molecule has 21 heavy (non-hydrogen) atoms. The summed E-state index contributed by atoms with van der Waals surface area (Å²) in [5.41, 5.74) is 5.28. The molecular weight excluding hydrogens is 302 g/mol. The molecule has 0 spiro atoms. The molecule has 1 unspecified atom stereocenters. The Morgan fingerprint density at radius 1 is 1.43 bits per heavy atom. The smallest absolute Gasteiger partial charge is 0.246 e. The van der Waals surface area contributed by atoms with Crippen molar-refractivity contribution in [2.45, 2.75) is 30.8 Å². The number of hydrogen-bond acceptors (Lipinski definition) is 4. The van der Waals surface area contributed by atoms with Crippen molar-refractivity contribution in [1.82, 2.24) is 4.31 Å². The molecule has 118 valence electrons. The SMILES string of the molecule is CCOC1CCCN(S(=O)(=O)c2cc(N)cc(F)c2F)C1. The molecule has 1 aromatic carbocycles. The average molecular weight is 320 g/mol. The molecule has 0 bridgehead atoms. The highest BCUT2D eigenvalue weighted by molar-refractivity contribution is 7.89. The van der Waals surface area contributed by atoms with Crippen LogP contribution in [-0.2, 0) is 14.8 Å². The minimum Gasteiger partial charge on any atom is -0.399 e. The zero-order valence-electron chi connectivity index (χ0n) is 11.7. The Balaban J connectivity index is 2.34. The van der Waals surface area contributed by atoms with Crippen LogP contribution >= 0.6 is 0 Å². The lowest BCUT2D eigenvalue weighted by atomic mass is 10.1. The molecule has 1 aromatic rings. The van der Waals surface area contributed by atoms with Crippen molar-refractivity contribution < 1.29 is 21.9 Å². The Bertz CT molecular complexity index is 620. The third kappa shape index (κ3) is 3.33. The van der Waals surface area contributed by atoms with Crippen LogP contribution in [0, 0.1) is 11.6 Å². The Kier molecular flexibility index (Phi) is 4.80. The fourth-order valence-electron chi connectivity index (χ4n) is 2.41. The topological polar surface area (TPSA) is 72.6 Å². The van der Waals surface area contributed by atoms with Crippen LogP contribution in [0.25, 0.3) is 0 Å². The summed E-state index contributed by atoms with van der Waals surface area (Å²) in [6, 6.07) is 1.70. The number of sulfonamides is 1. The number of anilines is 1. The van der Waals surface area contributed by atoms with Crippen LogP contribution < -0.4 is 5.73 Å². The predicted molar refractivity (Wildman–Crippen MR) is 74.2 cm³/mol. The maximum atomic E-state index is 13.8. The number of benzene rings is 1. The van der Waals surface area contributed by atoms with E-state index in [1.807, 2.05) is 6.92 Å². The van der Waals surface area contributed by atoms with Crippen molar-refractivity contribution in [1.29, 1.82) is 0 Å². The Morgan fingerprint density at radius 3 is 2.81 bits per heavy atom. The number of rotatable bonds is 4. The van der Waals surface area contributed by atoms with Gasteiger partial charge in [-0.25, -0.2) is 17.2 Å². The lowest BCUT2D eigenvalue weighted by Crippen LogP contribution is -2.43. The van der Waals surface area contributed by atoms with Gasteiger partial charge in [0.05, 0.1) is 6.10 Å². The molecule has 2 rings (SSSR count). The number of piperidine rings is 1. The fraction of sp³-hybridized carbons (Fsp3) is 0.538. The third-order valence-corrected chi connectivity index (χ3v) is 5.24. The van der Waals surface area contributed by atoms with E-state index >= 15 is 0 Å². The van der Waals surface area contributed by atoms with Crippen LogP contribution in [0.3, 0.4) is 0 Å². The van der Waals surface area contributed by atoms with Gasteiger partial charge in [-0.15, -0.1) is 0 Å². The van der Waals surface area contributed by atoms with E-state index in [9.17, 15) is 17.2 Å². The highest BCUT2D eigenvalue weighted by Gasteiger charge is 2.33. The van der Waals surface area contributed by atoms with E-state index < -0.39 is 26.6 Å². The zero-order valence-corrected chi connectivity index (χ0v) is 12.5. The van der Waals surface area contributed by atoms with Gasteiger partial charge in [0.1, 0.15) is 4.90 Å². The molecule has 1 saturated heterocycles. The first-order valence-corrected chi connectivity index (χ1v) is 8.16. The van der Waals surface area contributed by atoms with Gasteiger partial charge in [-0.3, -0.25) is 0 Å². The molecule has 0 aromatic heterocycles. The molecule has 1 atom stereocenters. The molecule has 8 heteroatoms. The number of nitrogen functional groups attached to an aromatic ring is 1. The summed E-state index contributed by atoms with van der Waals surface area (Å²) in [6.45, 7) is 2.67. The first-order valence-electron chi connectivity index (χ1n) is 6.72. The quantitative estimate of drug-likeness (QED) is 0.858. The van der Waals surface area contributed by atoms with Crippen molar-refractivity contribution in [2.24, 2.45) is 0 Å². The standard InChI is InChI=1S/C13H18F2N2O3S/c1-2-20-10-4-3-5-17(8-10)21(18,19)12-7-9(16)6-11(14)13(12)15/h6-7,10H,2-5,8,16H2,1H3. The first-order chi connectivity index (χ1) is 9.86. The van der Waals surface area contributed by atoms with Gasteiger partial charge in [0.15, 0.2) is 11.6 Å². The first kappa shape index (κ1) is 16.1. The summed E-state index contributed by atoms with van der Waals surface area (Å²) < 4.78 is 58.7. The van der Waals surface area contributed by atoms with Crippen molar-refractivity contribution in [3.05, 3.63) is 23.8 Å². The molecule has 0 aliphatic carbocycles. The van der Waals surface area contributed by atoms with Gasteiger partial charge in [-0.05, 0) is 31.9 Å². The van der Waals surface area contributed by atoms with Gasteiger partial charge in [-0.1, -0.05) is 0 Å². The van der Waals surface area contributed by atoms with Gasteiger partial charge in [0, 0.05) is 25.4 Å². The lowest BCUT2D eigenvalue weighted by molar-refractivity contribution is 0.0264. The monoisotopic (exact) mass is 320 g/mol. The van der Waals surface area contributed by atoms with Gasteiger partial charge >= 0.3 is 0 Å². The van der Waals surface area contributed by atoms with Crippen molar-refractivity contribution >= 4 is 15.7 Å². The van der Waals surface area contributed by atoms with E-state index in [2.05, 4.69) is 0 Å². The summed E-state index contributed by atoms with van der Waals surface area (Å²) in [5, 5.41) is 0. The third-order valence-electron chi connectivity index (χ3n) is 3.38. The molecule has 1 fully saturated rings. The second kappa shape index (κ2) is 6.25. The minimum absolute atomic E-state index is 0.131. The second-order valence-electron chi connectivity index (χ2n) is 4.90. The van der Waals surface area contributed by atoms with Crippen LogP contribution in [0.1, 0.15) is 19.8 Å². The van der Waals surface area contributed by atoms with Crippen molar-refractivity contribution in [2.75, 3.05) is 25.4 Å². The molecule has 1 heterocycles. The van der Waals surface area contributed by atoms with Gasteiger partial charge in [0.25, 0.3) is 0 Å². The van der Waals surface area contributed by atoms with E-state index in [0.29, 0.717) is 13.0 Å². The molecule has 1 aliphatic rings. The van der Waals surface area contributed by atoms with Gasteiger partial charge in [-0.2, -0.15) is 4.31 Å². The maximum Gasteiger partial charge on any atom is 0.246 e. The largest absolute Gasteiger partial charge is 0.399 e. The van der Waals surface area contributed by atoms with Crippen molar-refractivity contribution in [3.63, 3.8) is 0 Å². The zero-order chi connectivity index (χ0) is 15.6. The Morgan fingerprint density at radius 2 is 2.14 bits per heavy atom. The highest BCUT2D eigenvalue weighted by Crippen LogP contribution is 2.27. The second-order valence-corrected chi connectivity index (χ2v) is 6.80. The van der Waals surface area contributed by atoms with Crippen LogP contribution in [0.15, 0.2) is 17.0 Å². The molecule has 0 radical (unpaired) electrons. The summed E-state index contributed by atoms with van der Waals surface area (Å²) in [5.74, 6) is -2.67. The number of nitrogens with zero attached hydrogens (tertiary/aromatic N) is 1. The lowest BCUT2D eigenvalue weighted by Gasteiger charge is -2.31. The minimum atomic E-state index is -4.13. The number of ether oxygens (including phenoxy) is 1. The van der Waals surface area contributed by atoms with E-state index in [4.69, 9.17) is 10.5 Å². The van der Waals surface area contributed by atoms with Crippen LogP contribution in [-0.4, -0.2) is 38.5 Å². The van der Waals surface area contributed by atoms with Gasteiger partial charge < -0.3 is 10.5 Å². The Hall–Kier alpha value is -1.25. The van der Waals surface area contributed by atoms with Crippen LogP contribution in [0.5, 0.6) is 0 Å².